The van der Waals surface area contributed by atoms with Crippen LogP contribution in [0.2, 0.25) is 0 Å². The number of β-amino-alcohol motifs (C(OH)–C–C–N with tert-alkyl or cyclic N) is 1. The Kier molecular flexibility index (Phi) is 2.97. The number of rotatable bonds is 2. The second-order valence-corrected chi connectivity index (χ2v) is 4.02. The molecule has 1 fully saturated rings. The molecular formula is C8H13F3N2O2. The number of amides is 1. The topological polar surface area (TPSA) is 43.8 Å². The molecule has 0 aromatic rings. The number of alkyl halides is 3. The predicted octanol–water partition coefficient (Wildman–Crippen LogP) is -0.316. The summed E-state index contributed by atoms with van der Waals surface area (Å²) < 4.78 is 36.6. The summed E-state index contributed by atoms with van der Waals surface area (Å²) in [5.74, 6) is -0.408. The largest absolute Gasteiger partial charge is 0.420 e. The smallest absolute Gasteiger partial charge is 0.378 e. The van der Waals surface area contributed by atoms with E-state index in [-0.39, 0.29) is 6.54 Å². The van der Waals surface area contributed by atoms with Gasteiger partial charge >= 0.3 is 6.18 Å². The van der Waals surface area contributed by atoms with E-state index in [0.29, 0.717) is 0 Å². The van der Waals surface area contributed by atoms with Crippen molar-refractivity contribution in [2.45, 2.75) is 11.8 Å². The van der Waals surface area contributed by atoms with Crippen LogP contribution in [0.25, 0.3) is 0 Å². The number of hydrogen-bond donors (Lipinski definition) is 1. The van der Waals surface area contributed by atoms with Crippen molar-refractivity contribution in [2.24, 2.45) is 0 Å². The highest BCUT2D eigenvalue weighted by Gasteiger charge is 2.61. The van der Waals surface area contributed by atoms with Gasteiger partial charge in [0.1, 0.15) is 0 Å². The maximum absolute atomic E-state index is 12.2. The molecule has 0 spiro atoms. The lowest BCUT2D eigenvalue weighted by atomic mass is 9.93. The van der Waals surface area contributed by atoms with E-state index in [9.17, 15) is 18.0 Å². The Morgan fingerprint density at radius 1 is 1.47 bits per heavy atom. The first-order valence-corrected chi connectivity index (χ1v) is 4.37. The monoisotopic (exact) mass is 226 g/mol. The SMILES string of the molecule is CN(C)CC(=O)N1CC(O)(C(F)(F)F)C1. The third-order valence-electron chi connectivity index (χ3n) is 2.24. The molecule has 0 atom stereocenters. The average molecular weight is 226 g/mol. The first kappa shape index (κ1) is 12.3. The van der Waals surface area contributed by atoms with Gasteiger partial charge in [0.25, 0.3) is 0 Å². The van der Waals surface area contributed by atoms with Gasteiger partial charge in [0.15, 0.2) is 5.60 Å². The van der Waals surface area contributed by atoms with E-state index in [1.165, 1.54) is 0 Å². The summed E-state index contributed by atoms with van der Waals surface area (Å²) in [6.45, 7) is -1.28. The molecule has 1 heterocycles. The standard InChI is InChI=1S/C8H13F3N2O2/c1-12(2)3-6(14)13-4-7(15,5-13)8(9,10)11/h15H,3-5H2,1-2H3. The van der Waals surface area contributed by atoms with E-state index >= 15 is 0 Å². The highest BCUT2D eigenvalue weighted by atomic mass is 19.4. The summed E-state index contributed by atoms with van der Waals surface area (Å²) in [6, 6.07) is 0. The zero-order valence-electron chi connectivity index (χ0n) is 8.51. The Labute approximate surface area is 85.3 Å². The number of likely N-dealkylation sites (tertiary alicyclic amines) is 1. The molecule has 0 aliphatic carbocycles. The van der Waals surface area contributed by atoms with Crippen molar-refractivity contribution in [3.8, 4) is 0 Å². The predicted molar refractivity (Wildman–Crippen MR) is 46.1 cm³/mol. The number of hydrogen-bond acceptors (Lipinski definition) is 3. The van der Waals surface area contributed by atoms with Gasteiger partial charge in [0.05, 0.1) is 19.6 Å². The van der Waals surface area contributed by atoms with Gasteiger partial charge < -0.3 is 14.9 Å². The van der Waals surface area contributed by atoms with Gasteiger partial charge in [-0.15, -0.1) is 0 Å². The minimum atomic E-state index is -4.66. The Bertz CT molecular complexity index is 259. The summed E-state index contributed by atoms with van der Waals surface area (Å²) in [5.41, 5.74) is -2.71. The molecule has 1 rings (SSSR count). The lowest BCUT2D eigenvalue weighted by molar-refractivity contribution is -0.297. The zero-order valence-corrected chi connectivity index (χ0v) is 8.51. The first-order valence-electron chi connectivity index (χ1n) is 4.37. The molecule has 1 aliphatic heterocycles. The minimum absolute atomic E-state index is 0.0495. The quantitative estimate of drug-likeness (QED) is 0.702. The molecule has 1 amide bonds. The first-order chi connectivity index (χ1) is 6.66. The van der Waals surface area contributed by atoms with Crippen molar-refractivity contribution < 1.29 is 23.1 Å². The van der Waals surface area contributed by atoms with Crippen LogP contribution in [0.5, 0.6) is 0 Å². The number of nitrogens with zero attached hydrogens (tertiary/aromatic N) is 2. The highest BCUT2D eigenvalue weighted by molar-refractivity contribution is 5.79. The van der Waals surface area contributed by atoms with Crippen molar-refractivity contribution in [1.82, 2.24) is 9.80 Å². The van der Waals surface area contributed by atoms with Gasteiger partial charge in [-0.3, -0.25) is 4.79 Å². The van der Waals surface area contributed by atoms with Crippen LogP contribution in [-0.4, -0.2) is 66.3 Å². The second kappa shape index (κ2) is 3.64. The summed E-state index contributed by atoms with van der Waals surface area (Å²) >= 11 is 0. The van der Waals surface area contributed by atoms with E-state index in [1.54, 1.807) is 19.0 Å². The fourth-order valence-corrected chi connectivity index (χ4v) is 1.31. The van der Waals surface area contributed by atoms with E-state index in [2.05, 4.69) is 0 Å². The number of carbonyl (C=O) groups excluding carboxylic acids is 1. The van der Waals surface area contributed by atoms with Crippen LogP contribution < -0.4 is 0 Å². The molecule has 7 heteroatoms. The molecule has 1 N–H and O–H groups in total. The summed E-state index contributed by atoms with van der Waals surface area (Å²) in [4.78, 5) is 13.8. The maximum atomic E-state index is 12.2. The minimum Gasteiger partial charge on any atom is -0.378 e. The Hall–Kier alpha value is -0.820. The molecule has 1 saturated heterocycles. The van der Waals surface area contributed by atoms with Gasteiger partial charge in [0.2, 0.25) is 5.91 Å². The molecule has 0 unspecified atom stereocenters. The van der Waals surface area contributed by atoms with Crippen molar-refractivity contribution >= 4 is 5.91 Å². The van der Waals surface area contributed by atoms with Gasteiger partial charge in [0, 0.05) is 0 Å². The van der Waals surface area contributed by atoms with E-state index in [1.807, 2.05) is 0 Å². The molecule has 0 radical (unpaired) electrons. The Morgan fingerprint density at radius 2 is 1.93 bits per heavy atom. The van der Waals surface area contributed by atoms with Gasteiger partial charge in [-0.25, -0.2) is 0 Å². The molecule has 0 aromatic heterocycles. The van der Waals surface area contributed by atoms with E-state index < -0.39 is 30.8 Å². The van der Waals surface area contributed by atoms with Crippen LogP contribution in [-0.2, 0) is 4.79 Å². The number of carbonyl (C=O) groups is 1. The van der Waals surface area contributed by atoms with Gasteiger partial charge in [-0.05, 0) is 14.1 Å². The summed E-state index contributed by atoms with van der Waals surface area (Å²) in [5, 5.41) is 9.07. The summed E-state index contributed by atoms with van der Waals surface area (Å²) in [6.07, 6.45) is -4.66. The zero-order chi connectivity index (χ0) is 11.9. The Balaban J connectivity index is 2.47. The third kappa shape index (κ3) is 2.40. The fourth-order valence-electron chi connectivity index (χ4n) is 1.31. The van der Waals surface area contributed by atoms with Crippen LogP contribution in [0.15, 0.2) is 0 Å². The van der Waals surface area contributed by atoms with Crippen LogP contribution in [0.4, 0.5) is 13.2 Å². The van der Waals surface area contributed by atoms with E-state index in [4.69, 9.17) is 5.11 Å². The molecule has 0 saturated carbocycles. The van der Waals surface area contributed by atoms with Crippen LogP contribution in [0, 0.1) is 0 Å². The van der Waals surface area contributed by atoms with Crippen molar-refractivity contribution in [3.05, 3.63) is 0 Å². The number of aliphatic hydroxyl groups is 1. The molecular weight excluding hydrogens is 213 g/mol. The van der Waals surface area contributed by atoms with Gasteiger partial charge in [-0.2, -0.15) is 13.2 Å². The molecule has 88 valence electrons. The molecule has 15 heavy (non-hydrogen) atoms. The van der Waals surface area contributed by atoms with Gasteiger partial charge in [-0.1, -0.05) is 0 Å². The van der Waals surface area contributed by atoms with Crippen LogP contribution in [0.3, 0.4) is 0 Å². The molecule has 4 nitrogen and oxygen atoms in total. The average Bonchev–Trinajstić information content (AvgIpc) is 1.94. The molecule has 0 bridgehead atoms. The Morgan fingerprint density at radius 3 is 2.27 bits per heavy atom. The van der Waals surface area contributed by atoms with E-state index in [0.717, 1.165) is 4.90 Å². The van der Waals surface area contributed by atoms with Crippen molar-refractivity contribution in [1.29, 1.82) is 0 Å². The third-order valence-corrected chi connectivity index (χ3v) is 2.24. The lowest BCUT2D eigenvalue weighted by Gasteiger charge is -2.47. The highest BCUT2D eigenvalue weighted by Crippen LogP contribution is 2.37. The normalized spacial score (nSPS) is 20.3. The maximum Gasteiger partial charge on any atom is 0.420 e. The van der Waals surface area contributed by atoms with Crippen LogP contribution >= 0.6 is 0 Å². The number of halogens is 3. The molecule has 0 aromatic carbocycles. The second-order valence-electron chi connectivity index (χ2n) is 4.02. The fraction of sp³-hybridized carbons (Fsp3) is 0.875. The van der Waals surface area contributed by atoms with Crippen LogP contribution in [0.1, 0.15) is 0 Å². The van der Waals surface area contributed by atoms with Crippen molar-refractivity contribution in [3.63, 3.8) is 0 Å². The molecule has 1 aliphatic rings. The lowest BCUT2D eigenvalue weighted by Crippen LogP contribution is -2.70. The van der Waals surface area contributed by atoms with Crippen molar-refractivity contribution in [2.75, 3.05) is 33.7 Å². The number of likely N-dealkylation sites (N-methyl/N-ethyl adjacent to an activating group) is 1. The summed E-state index contributed by atoms with van der Waals surface area (Å²) in [7, 11) is 3.29.